The number of furan rings is 1. The lowest BCUT2D eigenvalue weighted by molar-refractivity contribution is -0.0505. The molecule has 0 bridgehead atoms. The van der Waals surface area contributed by atoms with Crippen molar-refractivity contribution in [2.24, 2.45) is 0 Å². The summed E-state index contributed by atoms with van der Waals surface area (Å²) in [4.78, 5) is 16.7. The Kier molecular flexibility index (Phi) is 3.90. The van der Waals surface area contributed by atoms with Crippen LogP contribution in [0.25, 0.3) is 0 Å². The molecule has 128 valence electrons. The van der Waals surface area contributed by atoms with E-state index in [1.165, 1.54) is 6.26 Å². The number of nitrogens with zero attached hydrogens (tertiary/aromatic N) is 3. The van der Waals surface area contributed by atoms with Crippen molar-refractivity contribution in [1.29, 1.82) is 0 Å². The molecule has 2 aliphatic heterocycles. The summed E-state index contributed by atoms with van der Waals surface area (Å²) in [7, 11) is 0. The van der Waals surface area contributed by atoms with Gasteiger partial charge in [0.1, 0.15) is 5.76 Å². The van der Waals surface area contributed by atoms with Crippen LogP contribution in [-0.2, 0) is 11.3 Å². The van der Waals surface area contributed by atoms with Crippen LogP contribution in [0.1, 0.15) is 27.6 Å². The highest BCUT2D eigenvalue weighted by molar-refractivity contribution is 5.91. The number of hydrogen-bond donors (Lipinski definition) is 0. The van der Waals surface area contributed by atoms with Gasteiger partial charge in [-0.15, -0.1) is 0 Å². The van der Waals surface area contributed by atoms with E-state index in [9.17, 15) is 4.79 Å². The molecule has 2 atom stereocenters. The number of likely N-dealkylation sites (tertiary alicyclic amines) is 1. The lowest BCUT2D eigenvalue weighted by Crippen LogP contribution is -2.50. The van der Waals surface area contributed by atoms with Gasteiger partial charge in [-0.05, 0) is 26.0 Å². The van der Waals surface area contributed by atoms with Gasteiger partial charge in [0.2, 0.25) is 0 Å². The van der Waals surface area contributed by atoms with Gasteiger partial charge >= 0.3 is 0 Å². The SMILES string of the molecule is Cc1noc(C)c1CN1CCO[C@@H]2CN(C(=O)c3ccco3)C[C@@H]21. The third kappa shape index (κ3) is 2.63. The van der Waals surface area contributed by atoms with Crippen molar-refractivity contribution in [2.45, 2.75) is 32.5 Å². The van der Waals surface area contributed by atoms with Gasteiger partial charge in [-0.3, -0.25) is 9.69 Å². The molecule has 2 aliphatic rings. The third-order valence-corrected chi connectivity index (χ3v) is 4.98. The molecule has 2 saturated heterocycles. The maximum absolute atomic E-state index is 12.5. The van der Waals surface area contributed by atoms with Crippen LogP contribution >= 0.6 is 0 Å². The van der Waals surface area contributed by atoms with Gasteiger partial charge in [-0.25, -0.2) is 0 Å². The molecular formula is C17H21N3O4. The maximum atomic E-state index is 12.5. The first-order valence-corrected chi connectivity index (χ1v) is 8.23. The van der Waals surface area contributed by atoms with E-state index in [2.05, 4.69) is 10.1 Å². The minimum atomic E-state index is -0.0738. The predicted octanol–water partition coefficient (Wildman–Crippen LogP) is 1.61. The standard InChI is InChI=1S/C17H21N3O4/c1-11-13(12(2)24-18-11)8-19-5-7-23-16-10-20(9-14(16)19)17(21)15-4-3-6-22-15/h3-4,6,14,16H,5,7-10H2,1-2H3/t14-,16+/m0/s1. The molecule has 2 aromatic rings. The van der Waals surface area contributed by atoms with E-state index < -0.39 is 0 Å². The van der Waals surface area contributed by atoms with Gasteiger partial charge < -0.3 is 18.6 Å². The minimum absolute atomic E-state index is 0.0399. The zero-order chi connectivity index (χ0) is 16.7. The number of aryl methyl sites for hydroxylation is 2. The van der Waals surface area contributed by atoms with Crippen molar-refractivity contribution in [2.75, 3.05) is 26.2 Å². The molecule has 1 amide bonds. The quantitative estimate of drug-likeness (QED) is 0.851. The third-order valence-electron chi connectivity index (χ3n) is 4.98. The van der Waals surface area contributed by atoms with E-state index >= 15 is 0 Å². The first-order valence-electron chi connectivity index (χ1n) is 8.23. The van der Waals surface area contributed by atoms with Crippen LogP contribution in [0.15, 0.2) is 27.3 Å². The van der Waals surface area contributed by atoms with Crippen molar-refractivity contribution < 1.29 is 18.5 Å². The smallest absolute Gasteiger partial charge is 0.289 e. The van der Waals surface area contributed by atoms with Crippen molar-refractivity contribution in [3.05, 3.63) is 41.2 Å². The number of morpholine rings is 1. The molecule has 0 radical (unpaired) electrons. The van der Waals surface area contributed by atoms with Crippen LogP contribution in [0.4, 0.5) is 0 Å². The van der Waals surface area contributed by atoms with Crippen LogP contribution in [0, 0.1) is 13.8 Å². The average molecular weight is 331 g/mol. The minimum Gasteiger partial charge on any atom is -0.459 e. The van der Waals surface area contributed by atoms with E-state index in [-0.39, 0.29) is 18.1 Å². The van der Waals surface area contributed by atoms with Crippen molar-refractivity contribution >= 4 is 5.91 Å². The fraction of sp³-hybridized carbons (Fsp3) is 0.529. The summed E-state index contributed by atoms with van der Waals surface area (Å²) in [5, 5.41) is 4.03. The number of fused-ring (bicyclic) bond motifs is 1. The number of ether oxygens (including phenoxy) is 1. The summed E-state index contributed by atoms with van der Waals surface area (Å²) in [6.07, 6.45) is 1.56. The van der Waals surface area contributed by atoms with E-state index in [4.69, 9.17) is 13.7 Å². The molecule has 0 aliphatic carbocycles. The monoisotopic (exact) mass is 331 g/mol. The van der Waals surface area contributed by atoms with E-state index in [0.717, 1.165) is 30.1 Å². The Morgan fingerprint density at radius 2 is 2.25 bits per heavy atom. The Bertz CT molecular complexity index is 705. The number of aromatic nitrogens is 1. The van der Waals surface area contributed by atoms with Gasteiger partial charge in [0.15, 0.2) is 5.76 Å². The second-order valence-corrected chi connectivity index (χ2v) is 6.44. The summed E-state index contributed by atoms with van der Waals surface area (Å²) >= 11 is 0. The van der Waals surface area contributed by atoms with Crippen molar-refractivity contribution in [3.8, 4) is 0 Å². The molecule has 7 nitrogen and oxygen atoms in total. The summed E-state index contributed by atoms with van der Waals surface area (Å²) in [5.74, 6) is 1.17. The van der Waals surface area contributed by atoms with Gasteiger partial charge in [0.05, 0.1) is 30.7 Å². The van der Waals surface area contributed by atoms with Crippen LogP contribution in [-0.4, -0.2) is 59.3 Å². The highest BCUT2D eigenvalue weighted by Gasteiger charge is 2.42. The molecule has 0 unspecified atom stereocenters. The Labute approximate surface area is 140 Å². The van der Waals surface area contributed by atoms with Crippen molar-refractivity contribution in [1.82, 2.24) is 15.0 Å². The first-order chi connectivity index (χ1) is 11.6. The molecule has 2 fully saturated rings. The average Bonchev–Trinajstić information content (AvgIpc) is 3.30. The number of rotatable bonds is 3. The number of hydrogen-bond acceptors (Lipinski definition) is 6. The topological polar surface area (TPSA) is 72.0 Å². The van der Waals surface area contributed by atoms with E-state index in [1.54, 1.807) is 12.1 Å². The molecule has 0 spiro atoms. The molecule has 0 aromatic carbocycles. The van der Waals surface area contributed by atoms with Crippen LogP contribution in [0.3, 0.4) is 0 Å². The zero-order valence-electron chi connectivity index (χ0n) is 13.9. The maximum Gasteiger partial charge on any atom is 0.289 e. The lowest BCUT2D eigenvalue weighted by atomic mass is 10.1. The van der Waals surface area contributed by atoms with Crippen LogP contribution < -0.4 is 0 Å². The van der Waals surface area contributed by atoms with Crippen molar-refractivity contribution in [3.63, 3.8) is 0 Å². The zero-order valence-corrected chi connectivity index (χ0v) is 13.9. The van der Waals surface area contributed by atoms with Crippen LogP contribution in [0.2, 0.25) is 0 Å². The summed E-state index contributed by atoms with van der Waals surface area (Å²) in [6.45, 7) is 7.44. The second-order valence-electron chi connectivity index (χ2n) is 6.44. The normalized spacial score (nSPS) is 24.3. The molecular weight excluding hydrogens is 310 g/mol. The fourth-order valence-electron chi connectivity index (χ4n) is 3.61. The number of carbonyl (C=O) groups is 1. The molecule has 24 heavy (non-hydrogen) atoms. The molecule has 0 saturated carbocycles. The fourth-order valence-corrected chi connectivity index (χ4v) is 3.61. The first kappa shape index (κ1) is 15.4. The summed E-state index contributed by atoms with van der Waals surface area (Å²) in [6, 6.07) is 3.62. The Morgan fingerprint density at radius 3 is 2.96 bits per heavy atom. The predicted molar refractivity (Wildman–Crippen MR) is 84.5 cm³/mol. The highest BCUT2D eigenvalue weighted by atomic mass is 16.5. The lowest BCUT2D eigenvalue weighted by Gasteiger charge is -2.36. The van der Waals surface area contributed by atoms with Gasteiger partial charge in [-0.1, -0.05) is 5.16 Å². The van der Waals surface area contributed by atoms with Gasteiger partial charge in [0, 0.05) is 31.7 Å². The molecule has 4 rings (SSSR count). The molecule has 7 heteroatoms. The van der Waals surface area contributed by atoms with Gasteiger partial charge in [0.25, 0.3) is 5.91 Å². The van der Waals surface area contributed by atoms with E-state index in [0.29, 0.717) is 25.5 Å². The summed E-state index contributed by atoms with van der Waals surface area (Å²) in [5.41, 5.74) is 2.06. The number of carbonyl (C=O) groups excluding carboxylic acids is 1. The van der Waals surface area contributed by atoms with Crippen LogP contribution in [0.5, 0.6) is 0 Å². The molecule has 0 N–H and O–H groups in total. The Balaban J connectivity index is 1.50. The molecule has 2 aromatic heterocycles. The Morgan fingerprint density at radius 1 is 1.38 bits per heavy atom. The Hall–Kier alpha value is -2.12. The molecule has 4 heterocycles. The largest absolute Gasteiger partial charge is 0.459 e. The second kappa shape index (κ2) is 6.07. The van der Waals surface area contributed by atoms with E-state index in [1.807, 2.05) is 18.7 Å². The summed E-state index contributed by atoms with van der Waals surface area (Å²) < 4.78 is 16.4. The highest BCUT2D eigenvalue weighted by Crippen LogP contribution is 2.27. The number of amides is 1. The van der Waals surface area contributed by atoms with Gasteiger partial charge in [-0.2, -0.15) is 0 Å².